The van der Waals surface area contributed by atoms with Crippen molar-refractivity contribution in [3.8, 4) is 0 Å². The van der Waals surface area contributed by atoms with E-state index in [1.54, 1.807) is 0 Å². The Balaban J connectivity index is 1.90. The molecular formula is C15H21N3. The Kier molecular flexibility index (Phi) is 3.10. The Bertz CT molecular complexity index is 538. The molecule has 1 fully saturated rings. The van der Waals surface area contributed by atoms with Crippen molar-refractivity contribution in [2.24, 2.45) is 5.73 Å². The van der Waals surface area contributed by atoms with Crippen molar-refractivity contribution in [1.29, 1.82) is 0 Å². The molecule has 3 rings (SSSR count). The minimum absolute atomic E-state index is 0.110. The monoisotopic (exact) mass is 243 g/mol. The van der Waals surface area contributed by atoms with Crippen LogP contribution in [0.2, 0.25) is 0 Å². The van der Waals surface area contributed by atoms with E-state index >= 15 is 0 Å². The first-order valence-electron chi connectivity index (χ1n) is 6.81. The lowest BCUT2D eigenvalue weighted by Gasteiger charge is -2.20. The van der Waals surface area contributed by atoms with Gasteiger partial charge in [-0.2, -0.15) is 0 Å². The largest absolute Gasteiger partial charge is 0.358 e. The average molecular weight is 243 g/mol. The minimum atomic E-state index is 0.110. The molecule has 0 amide bonds. The number of rotatable bonds is 3. The smallest absolute Gasteiger partial charge is 0.0459 e. The second-order valence-electron chi connectivity index (χ2n) is 5.32. The predicted octanol–water partition coefficient (Wildman–Crippen LogP) is 2.57. The molecular weight excluding hydrogens is 222 g/mol. The molecule has 1 aliphatic heterocycles. The van der Waals surface area contributed by atoms with E-state index in [1.807, 2.05) is 0 Å². The lowest BCUT2D eigenvalue weighted by atomic mass is 10.0. The summed E-state index contributed by atoms with van der Waals surface area (Å²) in [5.41, 5.74) is 10.1. The van der Waals surface area contributed by atoms with Crippen LogP contribution in [0.3, 0.4) is 0 Å². The van der Waals surface area contributed by atoms with Gasteiger partial charge in [0, 0.05) is 29.2 Å². The van der Waals surface area contributed by atoms with E-state index in [4.69, 9.17) is 5.73 Å². The summed E-state index contributed by atoms with van der Waals surface area (Å²) in [4.78, 5) is 5.91. The molecule has 1 atom stereocenters. The number of nitrogens with two attached hydrogens (primary N) is 1. The van der Waals surface area contributed by atoms with Crippen molar-refractivity contribution in [1.82, 2.24) is 9.88 Å². The number of aromatic nitrogens is 1. The average Bonchev–Trinajstić information content (AvgIpc) is 2.94. The van der Waals surface area contributed by atoms with E-state index in [9.17, 15) is 0 Å². The maximum absolute atomic E-state index is 6.42. The van der Waals surface area contributed by atoms with E-state index < -0.39 is 0 Å². The fraction of sp³-hybridized carbons (Fsp3) is 0.467. The van der Waals surface area contributed by atoms with Gasteiger partial charge in [0.05, 0.1) is 0 Å². The number of hydrogen-bond donors (Lipinski definition) is 2. The van der Waals surface area contributed by atoms with Crippen molar-refractivity contribution >= 4 is 10.9 Å². The zero-order valence-corrected chi connectivity index (χ0v) is 10.9. The van der Waals surface area contributed by atoms with Crippen LogP contribution in [0.25, 0.3) is 10.9 Å². The quantitative estimate of drug-likeness (QED) is 0.870. The number of para-hydroxylation sites is 1. The van der Waals surface area contributed by atoms with Gasteiger partial charge < -0.3 is 15.6 Å². The van der Waals surface area contributed by atoms with Crippen LogP contribution in [0, 0.1) is 6.92 Å². The van der Waals surface area contributed by atoms with E-state index in [0.29, 0.717) is 0 Å². The zero-order chi connectivity index (χ0) is 12.5. The second-order valence-corrected chi connectivity index (χ2v) is 5.32. The third kappa shape index (κ3) is 2.04. The Hall–Kier alpha value is -1.32. The molecule has 3 N–H and O–H groups in total. The summed E-state index contributed by atoms with van der Waals surface area (Å²) in [5, 5.41) is 1.28. The molecule has 0 spiro atoms. The highest BCUT2D eigenvalue weighted by atomic mass is 15.1. The lowest BCUT2D eigenvalue weighted by Crippen LogP contribution is -2.30. The lowest BCUT2D eigenvalue weighted by molar-refractivity contribution is 0.316. The van der Waals surface area contributed by atoms with Crippen LogP contribution in [0.5, 0.6) is 0 Å². The van der Waals surface area contributed by atoms with Crippen molar-refractivity contribution in [3.05, 3.63) is 35.5 Å². The molecule has 2 aromatic rings. The summed E-state index contributed by atoms with van der Waals surface area (Å²) in [6.45, 7) is 5.51. The molecule has 3 nitrogen and oxygen atoms in total. The molecule has 2 heterocycles. The van der Waals surface area contributed by atoms with Gasteiger partial charge in [-0.05, 0) is 44.5 Å². The zero-order valence-electron chi connectivity index (χ0n) is 10.9. The van der Waals surface area contributed by atoms with E-state index in [2.05, 4.69) is 41.1 Å². The molecule has 1 unspecified atom stereocenters. The Morgan fingerprint density at radius 2 is 2.00 bits per heavy atom. The normalized spacial score (nSPS) is 18.6. The molecule has 0 aliphatic carbocycles. The molecule has 96 valence electrons. The molecule has 1 aromatic heterocycles. The van der Waals surface area contributed by atoms with Gasteiger partial charge in [0.2, 0.25) is 0 Å². The number of nitrogens with one attached hydrogen (secondary N) is 1. The van der Waals surface area contributed by atoms with Crippen LogP contribution in [0.15, 0.2) is 24.3 Å². The standard InChI is InChI=1S/C15H21N3/c1-11-15(12-6-2-3-7-14(12)17-11)13(16)10-18-8-4-5-9-18/h2-3,6-7,13,17H,4-5,8-10,16H2,1H3. The van der Waals surface area contributed by atoms with E-state index in [-0.39, 0.29) is 6.04 Å². The molecule has 1 aliphatic rings. The molecule has 3 heteroatoms. The maximum atomic E-state index is 6.42. The number of aryl methyl sites for hydroxylation is 1. The van der Waals surface area contributed by atoms with E-state index in [1.165, 1.54) is 48.1 Å². The van der Waals surface area contributed by atoms with Crippen LogP contribution in [0.1, 0.15) is 30.1 Å². The van der Waals surface area contributed by atoms with Gasteiger partial charge >= 0.3 is 0 Å². The van der Waals surface area contributed by atoms with Crippen LogP contribution in [-0.4, -0.2) is 29.5 Å². The van der Waals surface area contributed by atoms with Crippen molar-refractivity contribution in [2.75, 3.05) is 19.6 Å². The van der Waals surface area contributed by atoms with Gasteiger partial charge in [-0.1, -0.05) is 18.2 Å². The number of fused-ring (bicyclic) bond motifs is 1. The predicted molar refractivity (Wildman–Crippen MR) is 75.6 cm³/mol. The van der Waals surface area contributed by atoms with Gasteiger partial charge in [-0.15, -0.1) is 0 Å². The first kappa shape index (κ1) is 11.8. The summed E-state index contributed by atoms with van der Waals surface area (Å²) in [5.74, 6) is 0. The molecule has 0 bridgehead atoms. The minimum Gasteiger partial charge on any atom is -0.358 e. The first-order valence-corrected chi connectivity index (χ1v) is 6.81. The van der Waals surface area contributed by atoms with Crippen LogP contribution in [-0.2, 0) is 0 Å². The van der Waals surface area contributed by atoms with Crippen molar-refractivity contribution < 1.29 is 0 Å². The van der Waals surface area contributed by atoms with Crippen molar-refractivity contribution in [3.63, 3.8) is 0 Å². The molecule has 18 heavy (non-hydrogen) atoms. The Morgan fingerprint density at radius 3 is 2.78 bits per heavy atom. The van der Waals surface area contributed by atoms with Gasteiger partial charge in [0.25, 0.3) is 0 Å². The van der Waals surface area contributed by atoms with Gasteiger partial charge in [0.1, 0.15) is 0 Å². The maximum Gasteiger partial charge on any atom is 0.0459 e. The highest BCUT2D eigenvalue weighted by molar-refractivity contribution is 5.85. The summed E-state index contributed by atoms with van der Waals surface area (Å²) in [7, 11) is 0. The summed E-state index contributed by atoms with van der Waals surface area (Å²) < 4.78 is 0. The third-order valence-corrected chi connectivity index (χ3v) is 3.97. The topological polar surface area (TPSA) is 45.1 Å². The highest BCUT2D eigenvalue weighted by Gasteiger charge is 2.20. The third-order valence-electron chi connectivity index (χ3n) is 3.97. The molecule has 1 saturated heterocycles. The number of nitrogens with zero attached hydrogens (tertiary/aromatic N) is 1. The van der Waals surface area contributed by atoms with Gasteiger partial charge in [-0.3, -0.25) is 0 Å². The van der Waals surface area contributed by atoms with Gasteiger partial charge in [0.15, 0.2) is 0 Å². The van der Waals surface area contributed by atoms with Crippen LogP contribution >= 0.6 is 0 Å². The molecule has 0 radical (unpaired) electrons. The number of hydrogen-bond acceptors (Lipinski definition) is 2. The first-order chi connectivity index (χ1) is 8.75. The number of aromatic amines is 1. The van der Waals surface area contributed by atoms with Crippen LogP contribution < -0.4 is 5.73 Å². The number of benzene rings is 1. The van der Waals surface area contributed by atoms with Gasteiger partial charge in [-0.25, -0.2) is 0 Å². The number of likely N-dealkylation sites (tertiary alicyclic amines) is 1. The Labute approximate surface area is 108 Å². The van der Waals surface area contributed by atoms with Crippen LogP contribution in [0.4, 0.5) is 0 Å². The Morgan fingerprint density at radius 1 is 1.28 bits per heavy atom. The highest BCUT2D eigenvalue weighted by Crippen LogP contribution is 2.27. The summed E-state index contributed by atoms with van der Waals surface area (Å²) in [6.07, 6.45) is 2.64. The SMILES string of the molecule is Cc1[nH]c2ccccc2c1C(N)CN1CCCC1. The summed E-state index contributed by atoms with van der Waals surface area (Å²) in [6, 6.07) is 8.54. The molecule has 1 aromatic carbocycles. The summed E-state index contributed by atoms with van der Waals surface area (Å²) >= 11 is 0. The molecule has 0 saturated carbocycles. The number of H-pyrrole nitrogens is 1. The van der Waals surface area contributed by atoms with E-state index in [0.717, 1.165) is 6.54 Å². The second kappa shape index (κ2) is 4.75. The van der Waals surface area contributed by atoms with Crippen molar-refractivity contribution in [2.45, 2.75) is 25.8 Å². The fourth-order valence-electron chi connectivity index (χ4n) is 3.11. The fourth-order valence-corrected chi connectivity index (χ4v) is 3.11.